The fourth-order valence-electron chi connectivity index (χ4n) is 4.47. The molecule has 1 amide bonds. The Morgan fingerprint density at radius 3 is 2.50 bits per heavy atom. The van der Waals surface area contributed by atoms with Gasteiger partial charge in [-0.15, -0.1) is 0 Å². The standard InChI is InChI=1S/C27H24F3N7O4S/c1-41-27-22(35-42(39,40)25-18(29)4-2-5-19(25)30)14-17(15-31-27)20-7-8-21-24(34-20)26(33-16-32-21)37-12-10-36(11-13-37)23(38)6-3-9-28/h2-8,14-16,35H,9-13H2,1H3/b6-3+. The molecule has 1 aromatic carbocycles. The number of alkyl halides is 1. The summed E-state index contributed by atoms with van der Waals surface area (Å²) in [4.78, 5) is 32.2. The van der Waals surface area contributed by atoms with Crippen LogP contribution in [0.25, 0.3) is 22.3 Å². The lowest BCUT2D eigenvalue weighted by atomic mass is 10.1. The Morgan fingerprint density at radius 2 is 1.81 bits per heavy atom. The summed E-state index contributed by atoms with van der Waals surface area (Å²) in [7, 11) is -3.43. The number of sulfonamides is 1. The molecule has 4 heterocycles. The van der Waals surface area contributed by atoms with Crippen molar-refractivity contribution in [2.75, 3.05) is 49.6 Å². The number of benzene rings is 1. The van der Waals surface area contributed by atoms with Crippen LogP contribution in [-0.2, 0) is 14.8 Å². The second-order valence-electron chi connectivity index (χ2n) is 9.07. The minimum atomic E-state index is -4.70. The zero-order valence-electron chi connectivity index (χ0n) is 22.2. The van der Waals surface area contributed by atoms with Crippen LogP contribution in [0.15, 0.2) is 66.0 Å². The number of methoxy groups -OCH3 is 1. The number of pyridine rings is 2. The van der Waals surface area contributed by atoms with Crippen molar-refractivity contribution in [3.63, 3.8) is 0 Å². The Morgan fingerprint density at radius 1 is 1.07 bits per heavy atom. The number of carbonyl (C=O) groups excluding carboxylic acids is 1. The highest BCUT2D eigenvalue weighted by Gasteiger charge is 2.26. The topological polar surface area (TPSA) is 131 Å². The van der Waals surface area contributed by atoms with Crippen molar-refractivity contribution < 1.29 is 31.1 Å². The predicted octanol–water partition coefficient (Wildman–Crippen LogP) is 3.35. The number of ether oxygens (including phenoxy) is 1. The number of fused-ring (bicyclic) bond motifs is 1. The van der Waals surface area contributed by atoms with E-state index in [1.54, 1.807) is 17.0 Å². The molecule has 1 N–H and O–H groups in total. The summed E-state index contributed by atoms with van der Waals surface area (Å²) < 4.78 is 74.1. The zero-order valence-corrected chi connectivity index (χ0v) is 23.0. The molecule has 0 atom stereocenters. The van der Waals surface area contributed by atoms with Crippen LogP contribution in [-0.4, -0.2) is 79.1 Å². The van der Waals surface area contributed by atoms with Crippen LogP contribution in [0, 0.1) is 11.6 Å². The monoisotopic (exact) mass is 599 g/mol. The second kappa shape index (κ2) is 12.0. The number of halogens is 3. The van der Waals surface area contributed by atoms with Crippen LogP contribution in [0.4, 0.5) is 24.7 Å². The fraction of sp³-hybridized carbons (Fsp3) is 0.222. The highest BCUT2D eigenvalue weighted by molar-refractivity contribution is 7.92. The Balaban J connectivity index is 1.46. The minimum Gasteiger partial charge on any atom is -0.480 e. The number of allylic oxidation sites excluding steroid dienone is 1. The summed E-state index contributed by atoms with van der Waals surface area (Å²) in [5.74, 6) is -2.37. The number of hydrogen-bond donors (Lipinski definition) is 1. The first kappa shape index (κ1) is 28.7. The Bertz CT molecular complexity index is 1760. The molecule has 42 heavy (non-hydrogen) atoms. The first-order chi connectivity index (χ1) is 20.2. The second-order valence-corrected chi connectivity index (χ2v) is 10.7. The zero-order chi connectivity index (χ0) is 29.9. The summed E-state index contributed by atoms with van der Waals surface area (Å²) in [6, 6.07) is 7.49. The first-order valence-electron chi connectivity index (χ1n) is 12.6. The molecular weight excluding hydrogens is 575 g/mol. The van der Waals surface area contributed by atoms with Crippen molar-refractivity contribution in [1.82, 2.24) is 24.8 Å². The van der Waals surface area contributed by atoms with Crippen molar-refractivity contribution in [2.45, 2.75) is 4.90 Å². The maximum absolute atomic E-state index is 14.3. The van der Waals surface area contributed by atoms with E-state index in [4.69, 9.17) is 9.72 Å². The van der Waals surface area contributed by atoms with Gasteiger partial charge in [-0.2, -0.15) is 0 Å². The number of piperazine rings is 1. The number of rotatable bonds is 8. The van der Waals surface area contributed by atoms with Crippen molar-refractivity contribution in [3.8, 4) is 17.1 Å². The van der Waals surface area contributed by atoms with Crippen LogP contribution < -0.4 is 14.4 Å². The van der Waals surface area contributed by atoms with E-state index in [0.29, 0.717) is 54.3 Å². The molecule has 1 fully saturated rings. The van der Waals surface area contributed by atoms with E-state index in [1.807, 2.05) is 4.90 Å². The van der Waals surface area contributed by atoms with E-state index >= 15 is 0 Å². The number of carbonyl (C=O) groups is 1. The van der Waals surface area contributed by atoms with Crippen molar-refractivity contribution in [1.29, 1.82) is 0 Å². The third-order valence-corrected chi connectivity index (χ3v) is 7.89. The molecule has 0 aliphatic carbocycles. The summed E-state index contributed by atoms with van der Waals surface area (Å²) in [5.41, 5.74) is 1.60. The van der Waals surface area contributed by atoms with Gasteiger partial charge >= 0.3 is 0 Å². The molecule has 1 saturated heterocycles. The normalized spacial score (nSPS) is 14.0. The van der Waals surface area contributed by atoms with Gasteiger partial charge in [-0.05, 0) is 36.4 Å². The highest BCUT2D eigenvalue weighted by atomic mass is 32.2. The molecule has 4 aromatic rings. The maximum Gasteiger partial charge on any atom is 0.267 e. The molecular formula is C27H24F3N7O4S. The van der Waals surface area contributed by atoms with Gasteiger partial charge in [-0.3, -0.25) is 9.52 Å². The molecule has 0 saturated carbocycles. The third kappa shape index (κ3) is 5.81. The van der Waals surface area contributed by atoms with Gasteiger partial charge in [0.25, 0.3) is 10.0 Å². The third-order valence-electron chi connectivity index (χ3n) is 6.48. The van der Waals surface area contributed by atoms with Gasteiger partial charge in [-0.1, -0.05) is 6.07 Å². The molecule has 0 spiro atoms. The van der Waals surface area contributed by atoms with E-state index in [2.05, 4.69) is 19.7 Å². The highest BCUT2D eigenvalue weighted by Crippen LogP contribution is 2.32. The molecule has 3 aromatic heterocycles. The van der Waals surface area contributed by atoms with E-state index in [-0.39, 0.29) is 17.5 Å². The summed E-state index contributed by atoms with van der Waals surface area (Å²) >= 11 is 0. The quantitative estimate of drug-likeness (QED) is 0.303. The van der Waals surface area contributed by atoms with E-state index in [9.17, 15) is 26.4 Å². The van der Waals surface area contributed by atoms with Crippen molar-refractivity contribution in [3.05, 3.63) is 72.7 Å². The Kier molecular flexibility index (Phi) is 8.20. The number of nitrogens with one attached hydrogen (secondary N) is 1. The summed E-state index contributed by atoms with van der Waals surface area (Å²) in [6.07, 6.45) is 5.20. The number of amides is 1. The molecule has 5 rings (SSSR count). The Hall–Kier alpha value is -4.79. The van der Waals surface area contributed by atoms with Gasteiger partial charge < -0.3 is 14.5 Å². The van der Waals surface area contributed by atoms with Gasteiger partial charge in [0.1, 0.15) is 35.8 Å². The predicted molar refractivity (Wildman–Crippen MR) is 148 cm³/mol. The van der Waals surface area contributed by atoms with Crippen LogP contribution >= 0.6 is 0 Å². The first-order valence-corrected chi connectivity index (χ1v) is 14.1. The van der Waals surface area contributed by atoms with Gasteiger partial charge in [0, 0.05) is 44.0 Å². The van der Waals surface area contributed by atoms with Crippen LogP contribution in [0.1, 0.15) is 0 Å². The molecule has 218 valence electrons. The van der Waals surface area contributed by atoms with Crippen LogP contribution in [0.3, 0.4) is 0 Å². The number of nitrogens with zero attached hydrogens (tertiary/aromatic N) is 6. The fourth-order valence-corrected chi connectivity index (χ4v) is 5.66. The minimum absolute atomic E-state index is 0.127. The van der Waals surface area contributed by atoms with Gasteiger partial charge in [-0.25, -0.2) is 41.5 Å². The Labute approximate surface area is 238 Å². The molecule has 0 unspecified atom stereocenters. The van der Waals surface area contributed by atoms with Gasteiger partial charge in [0.15, 0.2) is 10.7 Å². The smallest absolute Gasteiger partial charge is 0.267 e. The molecule has 0 radical (unpaired) electrons. The van der Waals surface area contributed by atoms with E-state index in [1.165, 1.54) is 37.9 Å². The molecule has 1 aliphatic rings. The van der Waals surface area contributed by atoms with Crippen LogP contribution in [0.5, 0.6) is 5.88 Å². The lowest BCUT2D eigenvalue weighted by Gasteiger charge is -2.35. The maximum atomic E-state index is 14.3. The van der Waals surface area contributed by atoms with Crippen molar-refractivity contribution in [2.24, 2.45) is 0 Å². The average Bonchev–Trinajstić information content (AvgIpc) is 2.99. The lowest BCUT2D eigenvalue weighted by molar-refractivity contribution is -0.126. The van der Waals surface area contributed by atoms with Crippen LogP contribution in [0.2, 0.25) is 0 Å². The molecule has 1 aliphatic heterocycles. The van der Waals surface area contributed by atoms with Gasteiger partial charge in [0.2, 0.25) is 11.8 Å². The summed E-state index contributed by atoms with van der Waals surface area (Å²) in [5, 5.41) is 0. The number of aromatic nitrogens is 4. The summed E-state index contributed by atoms with van der Waals surface area (Å²) in [6.45, 7) is 0.990. The van der Waals surface area contributed by atoms with E-state index < -0.39 is 33.2 Å². The van der Waals surface area contributed by atoms with Gasteiger partial charge in [0.05, 0.1) is 18.3 Å². The van der Waals surface area contributed by atoms with E-state index in [0.717, 1.165) is 18.2 Å². The number of hydrogen-bond acceptors (Lipinski definition) is 9. The molecule has 15 heteroatoms. The lowest BCUT2D eigenvalue weighted by Crippen LogP contribution is -2.48. The molecule has 0 bridgehead atoms. The molecule has 11 nitrogen and oxygen atoms in total. The largest absolute Gasteiger partial charge is 0.480 e. The average molecular weight is 600 g/mol. The number of anilines is 2. The SMILES string of the molecule is COc1ncc(-c2ccc3ncnc(N4CCN(C(=O)/C=C/CF)CC4)c3n2)cc1NS(=O)(=O)c1c(F)cccc1F. The van der Waals surface area contributed by atoms with Crippen molar-refractivity contribution >= 4 is 38.5 Å².